The number of thioether (sulfide) groups is 1. The maximum atomic E-state index is 13.5. The van der Waals surface area contributed by atoms with Gasteiger partial charge in [0.25, 0.3) is 0 Å². The van der Waals surface area contributed by atoms with Gasteiger partial charge >= 0.3 is 12.1 Å². The lowest BCUT2D eigenvalue weighted by molar-refractivity contribution is -0.186. The van der Waals surface area contributed by atoms with Crippen molar-refractivity contribution in [1.29, 1.82) is 0 Å². The monoisotopic (exact) mass is 421 g/mol. The number of hydrogen-bond acceptors (Lipinski definition) is 5. The third kappa shape index (κ3) is 5.54. The maximum absolute atomic E-state index is 13.5. The van der Waals surface area contributed by atoms with Gasteiger partial charge in [0, 0.05) is 31.6 Å². The largest absolute Gasteiger partial charge is 0.497 e. The second-order valence-electron chi connectivity index (χ2n) is 6.40. The molecule has 1 unspecified atom stereocenters. The third-order valence-electron chi connectivity index (χ3n) is 4.57. The number of carboxylic acids is 1. The molecule has 1 N–H and O–H groups in total. The summed E-state index contributed by atoms with van der Waals surface area (Å²) in [7, 11) is 2.85. The van der Waals surface area contributed by atoms with Crippen molar-refractivity contribution < 1.29 is 37.3 Å². The van der Waals surface area contributed by atoms with Crippen molar-refractivity contribution in [2.24, 2.45) is 5.92 Å². The van der Waals surface area contributed by atoms with Crippen molar-refractivity contribution in [3.05, 3.63) is 29.8 Å². The molecule has 1 aromatic carbocycles. The van der Waals surface area contributed by atoms with Crippen LogP contribution in [0.4, 0.5) is 13.2 Å². The normalized spacial score (nSPS) is 20.8. The Morgan fingerprint density at radius 3 is 2.43 bits per heavy atom. The minimum Gasteiger partial charge on any atom is -0.497 e. The number of halogens is 3. The fraction of sp³-hybridized carbons (Fsp3) is 0.556. The number of aliphatic carboxylic acids is 1. The van der Waals surface area contributed by atoms with E-state index in [4.69, 9.17) is 9.47 Å². The minimum atomic E-state index is -4.77. The second kappa shape index (κ2) is 9.51. The predicted molar refractivity (Wildman–Crippen MR) is 97.3 cm³/mol. The summed E-state index contributed by atoms with van der Waals surface area (Å²) in [4.78, 5) is 24.7. The number of amides is 1. The van der Waals surface area contributed by atoms with Crippen LogP contribution in [0.15, 0.2) is 24.3 Å². The lowest BCUT2D eigenvalue weighted by Gasteiger charge is -2.27. The Hall–Kier alpha value is -1.94. The van der Waals surface area contributed by atoms with Crippen LogP contribution in [0, 0.1) is 5.92 Å². The zero-order chi connectivity index (χ0) is 20.9. The van der Waals surface area contributed by atoms with E-state index in [0.717, 1.165) is 22.2 Å². The number of nitrogens with zero attached hydrogens (tertiary/aromatic N) is 1. The summed E-state index contributed by atoms with van der Waals surface area (Å²) in [6.07, 6.45) is -5.38. The molecule has 1 saturated heterocycles. The summed E-state index contributed by atoms with van der Waals surface area (Å²) in [5.41, 5.74) is 0.795. The highest BCUT2D eigenvalue weighted by atomic mass is 32.2. The smallest absolute Gasteiger partial charge is 0.401 e. The fourth-order valence-corrected chi connectivity index (χ4v) is 4.08. The van der Waals surface area contributed by atoms with Gasteiger partial charge < -0.3 is 19.5 Å². The Balaban J connectivity index is 2.05. The third-order valence-corrected chi connectivity index (χ3v) is 5.68. The lowest BCUT2D eigenvalue weighted by atomic mass is 10.1. The predicted octanol–water partition coefficient (Wildman–Crippen LogP) is 2.81. The maximum Gasteiger partial charge on any atom is 0.401 e. The van der Waals surface area contributed by atoms with E-state index in [1.54, 1.807) is 24.3 Å². The summed E-state index contributed by atoms with van der Waals surface area (Å²) in [6, 6.07) is 5.57. The Labute approximate surface area is 165 Å². The highest BCUT2D eigenvalue weighted by Crippen LogP contribution is 2.34. The van der Waals surface area contributed by atoms with Gasteiger partial charge in [-0.25, -0.2) is 4.79 Å². The average molecular weight is 421 g/mol. The Bertz CT molecular complexity index is 683. The highest BCUT2D eigenvalue weighted by Gasteiger charge is 2.50. The zero-order valence-electron chi connectivity index (χ0n) is 15.4. The van der Waals surface area contributed by atoms with Gasteiger partial charge in [-0.1, -0.05) is 12.1 Å². The molecule has 28 heavy (non-hydrogen) atoms. The Kier molecular flexibility index (Phi) is 7.59. The first kappa shape index (κ1) is 22.4. The topological polar surface area (TPSA) is 76.1 Å². The lowest BCUT2D eigenvalue weighted by Crippen LogP contribution is -2.48. The van der Waals surface area contributed by atoms with Gasteiger partial charge in [-0.2, -0.15) is 24.9 Å². The van der Waals surface area contributed by atoms with Crippen LogP contribution < -0.4 is 4.74 Å². The van der Waals surface area contributed by atoms with E-state index in [-0.39, 0.29) is 18.7 Å². The van der Waals surface area contributed by atoms with Crippen molar-refractivity contribution in [3.63, 3.8) is 0 Å². The first-order valence-corrected chi connectivity index (χ1v) is 9.66. The van der Waals surface area contributed by atoms with Crippen molar-refractivity contribution in [1.82, 2.24) is 4.90 Å². The summed E-state index contributed by atoms with van der Waals surface area (Å²) < 4.78 is 50.6. The van der Waals surface area contributed by atoms with E-state index < -0.39 is 41.9 Å². The zero-order valence-corrected chi connectivity index (χ0v) is 16.3. The Morgan fingerprint density at radius 2 is 1.93 bits per heavy atom. The van der Waals surface area contributed by atoms with Gasteiger partial charge in [0.2, 0.25) is 5.91 Å². The SMILES string of the molecule is COc1ccc(CSCC(C(=O)N2C[C@@H](OC)C[C@H]2C(=O)O)C(F)(F)F)cc1. The van der Waals surface area contributed by atoms with E-state index in [1.165, 1.54) is 14.2 Å². The molecule has 0 radical (unpaired) electrons. The molecule has 1 aliphatic heterocycles. The summed E-state index contributed by atoms with van der Waals surface area (Å²) >= 11 is 0.971. The molecule has 0 bridgehead atoms. The number of alkyl halides is 3. The summed E-state index contributed by atoms with van der Waals surface area (Å²) in [6.45, 7) is -0.165. The van der Waals surface area contributed by atoms with Gasteiger partial charge in [-0.3, -0.25) is 4.79 Å². The van der Waals surface area contributed by atoms with Gasteiger partial charge in [0.1, 0.15) is 17.7 Å². The van der Waals surface area contributed by atoms with Crippen LogP contribution in [0.1, 0.15) is 12.0 Å². The van der Waals surface area contributed by atoms with Gasteiger partial charge in [0.05, 0.1) is 13.2 Å². The molecule has 1 amide bonds. The van der Waals surface area contributed by atoms with Crippen molar-refractivity contribution in [3.8, 4) is 5.75 Å². The highest BCUT2D eigenvalue weighted by molar-refractivity contribution is 7.98. The molecule has 3 atom stereocenters. The van der Waals surface area contributed by atoms with Crippen LogP contribution in [0.5, 0.6) is 5.75 Å². The molecule has 1 heterocycles. The quantitative estimate of drug-likeness (QED) is 0.696. The molecule has 10 heteroatoms. The van der Waals surface area contributed by atoms with E-state index in [2.05, 4.69) is 0 Å². The number of methoxy groups -OCH3 is 2. The molecule has 6 nitrogen and oxygen atoms in total. The molecular formula is C18H22F3NO5S. The number of ether oxygens (including phenoxy) is 2. The van der Waals surface area contributed by atoms with Crippen LogP contribution in [-0.4, -0.2) is 66.7 Å². The van der Waals surface area contributed by atoms with E-state index >= 15 is 0 Å². The van der Waals surface area contributed by atoms with Crippen molar-refractivity contribution >= 4 is 23.6 Å². The summed E-state index contributed by atoms with van der Waals surface area (Å²) in [5, 5.41) is 9.25. The second-order valence-corrected chi connectivity index (χ2v) is 7.43. The molecule has 0 spiro atoms. The van der Waals surface area contributed by atoms with Gasteiger partial charge in [0.15, 0.2) is 0 Å². The number of hydrogen-bond donors (Lipinski definition) is 1. The number of carbonyl (C=O) groups is 2. The Morgan fingerprint density at radius 1 is 1.29 bits per heavy atom. The standard InChI is InChI=1S/C18H22F3NO5S/c1-26-12-5-3-11(4-6-12)9-28-10-14(18(19,20)21)16(23)22-8-13(27-2)7-15(22)17(24)25/h3-6,13-15H,7-10H2,1-2H3,(H,24,25)/t13-,14?,15-/m0/s1. The molecule has 156 valence electrons. The number of benzene rings is 1. The van der Waals surface area contributed by atoms with Crippen LogP contribution >= 0.6 is 11.8 Å². The van der Waals surface area contributed by atoms with Crippen molar-refractivity contribution in [2.75, 3.05) is 26.5 Å². The molecule has 0 aromatic heterocycles. The molecule has 1 aromatic rings. The van der Waals surface area contributed by atoms with Crippen LogP contribution in [0.25, 0.3) is 0 Å². The molecule has 2 rings (SSSR count). The van der Waals surface area contributed by atoms with E-state index in [9.17, 15) is 27.9 Å². The van der Waals surface area contributed by atoms with Crippen molar-refractivity contribution in [2.45, 2.75) is 30.5 Å². The number of likely N-dealkylation sites (tertiary alicyclic amines) is 1. The van der Waals surface area contributed by atoms with Gasteiger partial charge in [-0.05, 0) is 17.7 Å². The van der Waals surface area contributed by atoms with Crippen LogP contribution in [0.2, 0.25) is 0 Å². The molecular weight excluding hydrogens is 399 g/mol. The van der Waals surface area contributed by atoms with E-state index in [0.29, 0.717) is 5.75 Å². The summed E-state index contributed by atoms with van der Waals surface area (Å²) in [5.74, 6) is -4.39. The molecule has 0 saturated carbocycles. The molecule has 1 fully saturated rings. The number of rotatable bonds is 8. The van der Waals surface area contributed by atoms with Crippen LogP contribution in [0.3, 0.4) is 0 Å². The molecule has 0 aliphatic carbocycles. The van der Waals surface area contributed by atoms with Crippen LogP contribution in [-0.2, 0) is 20.1 Å². The average Bonchev–Trinajstić information content (AvgIpc) is 3.09. The number of carboxylic acid groups (broad SMARTS) is 1. The fourth-order valence-electron chi connectivity index (χ4n) is 2.97. The first-order chi connectivity index (χ1) is 13.2. The van der Waals surface area contributed by atoms with E-state index in [1.807, 2.05) is 0 Å². The number of carbonyl (C=O) groups excluding carboxylic acids is 1. The van der Waals surface area contributed by atoms with Gasteiger partial charge in [-0.15, -0.1) is 0 Å². The molecule has 1 aliphatic rings. The minimum absolute atomic E-state index is 0.0266. The first-order valence-electron chi connectivity index (χ1n) is 8.50.